The zero-order valence-electron chi connectivity index (χ0n) is 19.9. The topological polar surface area (TPSA) is 79.6 Å². The molecule has 0 aliphatic heterocycles. The van der Waals surface area contributed by atoms with E-state index in [0.717, 1.165) is 27.5 Å². The van der Waals surface area contributed by atoms with Gasteiger partial charge >= 0.3 is 0 Å². The van der Waals surface area contributed by atoms with Crippen LogP contribution in [0.2, 0.25) is 0 Å². The van der Waals surface area contributed by atoms with Crippen LogP contribution in [0.25, 0.3) is 22.3 Å². The Morgan fingerprint density at radius 1 is 1.11 bits per heavy atom. The summed E-state index contributed by atoms with van der Waals surface area (Å²) in [6.07, 6.45) is 3.04. The molecule has 1 aromatic heterocycles. The summed E-state index contributed by atoms with van der Waals surface area (Å²) in [4.78, 5) is 13.0. The number of sulfonamides is 1. The van der Waals surface area contributed by atoms with Gasteiger partial charge in [0.15, 0.2) is 0 Å². The first-order valence-electron chi connectivity index (χ1n) is 11.4. The molecule has 0 unspecified atom stereocenters. The molecule has 6 nitrogen and oxygen atoms in total. The molecule has 36 heavy (non-hydrogen) atoms. The van der Waals surface area contributed by atoms with E-state index in [-0.39, 0.29) is 11.8 Å². The number of furan rings is 1. The molecular weight excluding hydrogens is 594 g/mol. The molecule has 5 rings (SSSR count). The summed E-state index contributed by atoms with van der Waals surface area (Å²) in [5.74, 6) is -0.248. The average molecular weight is 618 g/mol. The molecule has 3 aromatic carbocycles. The van der Waals surface area contributed by atoms with Gasteiger partial charge in [0.25, 0.3) is 5.91 Å². The number of rotatable bonds is 6. The van der Waals surface area contributed by atoms with E-state index in [1.807, 2.05) is 25.1 Å². The van der Waals surface area contributed by atoms with Crippen molar-refractivity contribution in [1.29, 1.82) is 0 Å². The van der Waals surface area contributed by atoms with Crippen LogP contribution in [0.1, 0.15) is 40.2 Å². The van der Waals surface area contributed by atoms with Gasteiger partial charge in [-0.05, 0) is 108 Å². The summed E-state index contributed by atoms with van der Waals surface area (Å²) in [6.45, 7) is 1.94. The van der Waals surface area contributed by atoms with Gasteiger partial charge in [-0.3, -0.25) is 4.79 Å². The van der Waals surface area contributed by atoms with Crippen LogP contribution in [0.15, 0.2) is 59.0 Å². The Morgan fingerprint density at radius 3 is 2.39 bits per heavy atom. The number of amides is 1. The highest BCUT2D eigenvalue weighted by Crippen LogP contribution is 2.49. The summed E-state index contributed by atoms with van der Waals surface area (Å²) in [5.41, 5.74) is 4.13. The van der Waals surface area contributed by atoms with Crippen LogP contribution in [-0.4, -0.2) is 27.6 Å². The van der Waals surface area contributed by atoms with Crippen molar-refractivity contribution in [1.82, 2.24) is 5.32 Å². The second kappa shape index (κ2) is 9.19. The summed E-state index contributed by atoms with van der Waals surface area (Å²) in [7, 11) is -2.17. The van der Waals surface area contributed by atoms with E-state index in [0.29, 0.717) is 39.2 Å². The average Bonchev–Trinajstić information content (AvgIpc) is 3.61. The number of aryl methyl sites for hydroxylation is 1. The maximum absolute atomic E-state index is 13.6. The lowest BCUT2D eigenvalue weighted by atomic mass is 10.00. The minimum absolute atomic E-state index is 0.181. The molecule has 1 saturated carbocycles. The Labute approximate surface area is 222 Å². The maximum atomic E-state index is 13.6. The van der Waals surface area contributed by atoms with Gasteiger partial charge in [0.05, 0.1) is 23.2 Å². The lowest BCUT2D eigenvalue weighted by Crippen LogP contribution is -2.26. The van der Waals surface area contributed by atoms with Gasteiger partial charge in [-0.1, -0.05) is 0 Å². The zero-order chi connectivity index (χ0) is 25.8. The summed E-state index contributed by atoms with van der Waals surface area (Å²) in [5, 5.41) is 3.25. The predicted molar refractivity (Wildman–Crippen MR) is 148 cm³/mol. The molecule has 1 aliphatic rings. The Kier molecular flexibility index (Phi) is 6.32. The van der Waals surface area contributed by atoms with Crippen LogP contribution in [0.4, 0.5) is 15.8 Å². The van der Waals surface area contributed by atoms with Crippen LogP contribution in [-0.2, 0) is 10.0 Å². The Morgan fingerprint density at radius 2 is 1.81 bits per heavy atom. The fourth-order valence-electron chi connectivity index (χ4n) is 4.47. The first-order valence-corrected chi connectivity index (χ1v) is 14.4. The highest BCUT2D eigenvalue weighted by atomic mass is 127. The molecule has 1 fully saturated rings. The predicted octanol–water partition coefficient (Wildman–Crippen LogP) is 6.49. The molecule has 0 bridgehead atoms. The van der Waals surface area contributed by atoms with E-state index >= 15 is 0 Å². The van der Waals surface area contributed by atoms with Crippen molar-refractivity contribution in [3.63, 3.8) is 0 Å². The number of carbonyl (C=O) groups excluding carboxylic acids is 1. The van der Waals surface area contributed by atoms with Gasteiger partial charge in [0.1, 0.15) is 17.2 Å². The van der Waals surface area contributed by atoms with Gasteiger partial charge in [-0.25, -0.2) is 17.1 Å². The van der Waals surface area contributed by atoms with Gasteiger partial charge < -0.3 is 9.73 Å². The Bertz CT molecular complexity index is 1610. The second-order valence-electron chi connectivity index (χ2n) is 9.03. The summed E-state index contributed by atoms with van der Waals surface area (Å²) < 4.78 is 48.4. The van der Waals surface area contributed by atoms with E-state index in [4.69, 9.17) is 4.42 Å². The smallest absolute Gasteiger partial charge is 0.255 e. The normalized spacial score (nSPS) is 13.7. The Balaban J connectivity index is 1.80. The van der Waals surface area contributed by atoms with Crippen molar-refractivity contribution in [2.45, 2.75) is 25.7 Å². The minimum atomic E-state index is -3.71. The third-order valence-corrected chi connectivity index (χ3v) is 8.62. The SMILES string of the molecule is CNC(=O)c1c(-c2ccc(F)cc2)oc2cc(N(c3ccc(I)c(C)c3)S(C)(=O)=O)c(C3CC3)cc12. The van der Waals surface area contributed by atoms with Crippen LogP contribution < -0.4 is 9.62 Å². The van der Waals surface area contributed by atoms with Crippen LogP contribution in [0.5, 0.6) is 0 Å². The number of nitrogens with zero attached hydrogens (tertiary/aromatic N) is 1. The molecule has 1 aliphatic carbocycles. The highest BCUT2D eigenvalue weighted by Gasteiger charge is 2.34. The lowest BCUT2D eigenvalue weighted by molar-refractivity contribution is 0.0964. The van der Waals surface area contributed by atoms with E-state index in [1.54, 1.807) is 24.3 Å². The molecule has 9 heteroatoms. The second-order valence-corrected chi connectivity index (χ2v) is 12.0. The number of benzene rings is 3. The maximum Gasteiger partial charge on any atom is 0.255 e. The molecule has 0 radical (unpaired) electrons. The minimum Gasteiger partial charge on any atom is -0.455 e. The van der Waals surface area contributed by atoms with Gasteiger partial charge in [0, 0.05) is 27.6 Å². The number of hydrogen-bond donors (Lipinski definition) is 1. The molecule has 0 saturated heterocycles. The zero-order valence-corrected chi connectivity index (χ0v) is 22.9. The molecule has 1 amide bonds. The van der Waals surface area contributed by atoms with Crippen molar-refractivity contribution in [2.24, 2.45) is 0 Å². The first-order chi connectivity index (χ1) is 17.1. The van der Waals surface area contributed by atoms with E-state index in [2.05, 4.69) is 27.9 Å². The molecule has 1 N–H and O–H groups in total. The number of nitrogens with one attached hydrogen (secondary N) is 1. The van der Waals surface area contributed by atoms with E-state index in [9.17, 15) is 17.6 Å². The molecule has 4 aromatic rings. The van der Waals surface area contributed by atoms with Gasteiger partial charge in [-0.15, -0.1) is 0 Å². The standard InChI is InChI=1S/C27H24FIN2O4S/c1-15-12-19(10-11-22(15)29)31(36(3,33)34)23-14-24-21(13-20(23)16-4-5-16)25(27(32)30-2)26(35-24)17-6-8-18(28)9-7-17/h6-14,16H,4-5H2,1-3H3,(H,30,32). The molecular formula is C27H24FIN2O4S. The Hall–Kier alpha value is -2.92. The largest absolute Gasteiger partial charge is 0.455 e. The molecule has 0 spiro atoms. The monoisotopic (exact) mass is 618 g/mol. The first kappa shape index (κ1) is 24.8. The van der Waals surface area contributed by atoms with Crippen molar-refractivity contribution in [3.8, 4) is 11.3 Å². The van der Waals surface area contributed by atoms with Crippen LogP contribution >= 0.6 is 22.6 Å². The van der Waals surface area contributed by atoms with E-state index in [1.165, 1.54) is 29.7 Å². The fourth-order valence-corrected chi connectivity index (χ4v) is 5.81. The summed E-state index contributed by atoms with van der Waals surface area (Å²) in [6, 6.07) is 14.8. The van der Waals surface area contributed by atoms with Gasteiger partial charge in [-0.2, -0.15) is 0 Å². The van der Waals surface area contributed by atoms with E-state index < -0.39 is 15.8 Å². The van der Waals surface area contributed by atoms with Crippen LogP contribution in [0.3, 0.4) is 0 Å². The van der Waals surface area contributed by atoms with Crippen LogP contribution in [0, 0.1) is 16.3 Å². The quantitative estimate of drug-likeness (QED) is 0.251. The highest BCUT2D eigenvalue weighted by molar-refractivity contribution is 14.1. The third-order valence-electron chi connectivity index (χ3n) is 6.34. The third kappa shape index (κ3) is 4.50. The van der Waals surface area contributed by atoms with Crippen molar-refractivity contribution >= 4 is 60.9 Å². The number of carbonyl (C=O) groups is 1. The summed E-state index contributed by atoms with van der Waals surface area (Å²) >= 11 is 2.22. The van der Waals surface area contributed by atoms with Gasteiger partial charge in [0.2, 0.25) is 10.0 Å². The van der Waals surface area contributed by atoms with Crippen molar-refractivity contribution < 1.29 is 22.0 Å². The van der Waals surface area contributed by atoms with Crippen molar-refractivity contribution in [3.05, 3.63) is 80.7 Å². The number of fused-ring (bicyclic) bond motifs is 1. The number of anilines is 2. The fraction of sp³-hybridized carbons (Fsp3) is 0.222. The number of halogens is 2. The molecule has 0 atom stereocenters. The molecule has 1 heterocycles. The van der Waals surface area contributed by atoms with Crippen molar-refractivity contribution in [2.75, 3.05) is 17.6 Å². The lowest BCUT2D eigenvalue weighted by Gasteiger charge is -2.26. The number of hydrogen-bond acceptors (Lipinski definition) is 4. The molecule has 186 valence electrons.